The third kappa shape index (κ3) is 3.29. The summed E-state index contributed by atoms with van der Waals surface area (Å²) in [5.74, 6) is -0.151. The van der Waals surface area contributed by atoms with Crippen molar-refractivity contribution in [3.05, 3.63) is 28.8 Å². The molecule has 0 aliphatic heterocycles. The van der Waals surface area contributed by atoms with Gasteiger partial charge in [-0.2, -0.15) is 0 Å². The van der Waals surface area contributed by atoms with Gasteiger partial charge in [-0.05, 0) is 18.2 Å². The molecule has 0 aliphatic carbocycles. The number of hydrogen-bond acceptors (Lipinski definition) is 2. The highest BCUT2D eigenvalue weighted by Gasteiger charge is 2.10. The van der Waals surface area contributed by atoms with Crippen molar-refractivity contribution in [2.75, 3.05) is 12.9 Å². The van der Waals surface area contributed by atoms with Gasteiger partial charge in [-0.1, -0.05) is 11.6 Å². The lowest BCUT2D eigenvalue weighted by atomic mass is 10.2. The number of alkyl halides is 1. The van der Waals surface area contributed by atoms with Crippen LogP contribution in [0.2, 0.25) is 5.02 Å². The maximum Gasteiger partial charge on any atom is 0.237 e. The van der Waals surface area contributed by atoms with Crippen molar-refractivity contribution >= 4 is 29.1 Å². The van der Waals surface area contributed by atoms with E-state index in [2.05, 4.69) is 0 Å². The van der Waals surface area contributed by atoms with Crippen LogP contribution < -0.4 is 0 Å². The minimum absolute atomic E-state index is 0.0716. The molecule has 15 heavy (non-hydrogen) atoms. The summed E-state index contributed by atoms with van der Waals surface area (Å²) in [6, 6.07) is 4.70. The number of rotatable bonds is 3. The summed E-state index contributed by atoms with van der Waals surface area (Å²) in [5.41, 5.74) is 0.600. The molecular formula is C10H11Cl2NO2. The molecule has 0 unspecified atom stereocenters. The van der Waals surface area contributed by atoms with E-state index in [1.54, 1.807) is 19.2 Å². The summed E-state index contributed by atoms with van der Waals surface area (Å²) in [7, 11) is 1.62. The zero-order valence-corrected chi connectivity index (χ0v) is 9.72. The first-order chi connectivity index (χ1) is 7.04. The van der Waals surface area contributed by atoms with Gasteiger partial charge in [0.2, 0.25) is 5.91 Å². The van der Waals surface area contributed by atoms with Gasteiger partial charge in [-0.3, -0.25) is 4.79 Å². The zero-order valence-electron chi connectivity index (χ0n) is 8.20. The van der Waals surface area contributed by atoms with E-state index in [4.69, 9.17) is 23.2 Å². The fraction of sp³-hybridized carbons (Fsp3) is 0.300. The van der Waals surface area contributed by atoms with Crippen molar-refractivity contribution in [3.8, 4) is 5.75 Å². The highest BCUT2D eigenvalue weighted by molar-refractivity contribution is 6.30. The number of phenolic OH excluding ortho intramolecular Hbond substituents is 1. The molecule has 82 valence electrons. The molecule has 0 bridgehead atoms. The number of benzene rings is 1. The molecule has 0 spiro atoms. The van der Waals surface area contributed by atoms with Crippen molar-refractivity contribution in [2.24, 2.45) is 0 Å². The number of hydrogen-bond donors (Lipinski definition) is 1. The van der Waals surface area contributed by atoms with E-state index < -0.39 is 0 Å². The standard InChI is InChI=1S/C10H11Cl2NO2/c1-13(10(15)5-11)6-7-4-8(12)2-3-9(7)14/h2-4,14H,5-6H2,1H3. The Morgan fingerprint density at radius 1 is 1.53 bits per heavy atom. The second-order valence-corrected chi connectivity index (χ2v) is 3.86. The minimum atomic E-state index is -0.198. The first-order valence-corrected chi connectivity index (χ1v) is 5.23. The third-order valence-corrected chi connectivity index (χ3v) is 2.45. The molecule has 0 saturated carbocycles. The molecule has 0 atom stereocenters. The van der Waals surface area contributed by atoms with Crippen molar-refractivity contribution in [1.82, 2.24) is 4.90 Å². The quantitative estimate of drug-likeness (QED) is 0.833. The molecule has 0 radical (unpaired) electrons. The predicted molar refractivity (Wildman–Crippen MR) is 60.3 cm³/mol. The second kappa shape index (κ2) is 5.24. The molecule has 1 rings (SSSR count). The highest BCUT2D eigenvalue weighted by Crippen LogP contribution is 2.22. The van der Waals surface area contributed by atoms with Crippen LogP contribution in [0.5, 0.6) is 5.75 Å². The highest BCUT2D eigenvalue weighted by atomic mass is 35.5. The maximum atomic E-state index is 11.2. The molecule has 0 fully saturated rings. The van der Waals surface area contributed by atoms with Gasteiger partial charge in [-0.25, -0.2) is 0 Å². The van der Waals surface area contributed by atoms with Gasteiger partial charge in [0, 0.05) is 24.2 Å². The van der Waals surface area contributed by atoms with Crippen LogP contribution in [0.1, 0.15) is 5.56 Å². The third-order valence-electron chi connectivity index (χ3n) is 1.99. The number of nitrogens with zero attached hydrogens (tertiary/aromatic N) is 1. The smallest absolute Gasteiger partial charge is 0.237 e. The Labute approximate surface area is 98.2 Å². The fourth-order valence-electron chi connectivity index (χ4n) is 1.13. The molecule has 1 aromatic carbocycles. The lowest BCUT2D eigenvalue weighted by Crippen LogP contribution is -2.27. The molecule has 0 aliphatic rings. The van der Waals surface area contributed by atoms with E-state index in [0.717, 1.165) is 0 Å². The number of carbonyl (C=O) groups excluding carboxylic acids is 1. The normalized spacial score (nSPS) is 10.1. The van der Waals surface area contributed by atoms with Crippen LogP contribution in [0.4, 0.5) is 0 Å². The van der Waals surface area contributed by atoms with Gasteiger partial charge >= 0.3 is 0 Å². The average Bonchev–Trinajstić information content (AvgIpc) is 2.22. The van der Waals surface area contributed by atoms with Crippen molar-refractivity contribution in [1.29, 1.82) is 0 Å². The van der Waals surface area contributed by atoms with Crippen molar-refractivity contribution < 1.29 is 9.90 Å². The van der Waals surface area contributed by atoms with Crippen LogP contribution in [-0.2, 0) is 11.3 Å². The largest absolute Gasteiger partial charge is 0.508 e. The van der Waals surface area contributed by atoms with E-state index in [-0.39, 0.29) is 24.1 Å². The Kier molecular flexibility index (Phi) is 4.24. The number of carbonyl (C=O) groups is 1. The predicted octanol–water partition coefficient (Wildman–Crippen LogP) is 2.24. The van der Waals surface area contributed by atoms with Gasteiger partial charge in [-0.15, -0.1) is 11.6 Å². The lowest BCUT2D eigenvalue weighted by molar-refractivity contribution is -0.127. The van der Waals surface area contributed by atoms with Crippen LogP contribution in [0, 0.1) is 0 Å². The topological polar surface area (TPSA) is 40.5 Å². The van der Waals surface area contributed by atoms with Gasteiger partial charge in [0.1, 0.15) is 11.6 Å². The lowest BCUT2D eigenvalue weighted by Gasteiger charge is -2.16. The van der Waals surface area contributed by atoms with Gasteiger partial charge in [0.05, 0.1) is 0 Å². The van der Waals surface area contributed by atoms with E-state index in [0.29, 0.717) is 10.6 Å². The maximum absolute atomic E-state index is 11.2. The summed E-state index contributed by atoms with van der Waals surface area (Å²) in [6.45, 7) is 0.290. The minimum Gasteiger partial charge on any atom is -0.508 e. The zero-order chi connectivity index (χ0) is 11.4. The number of aromatic hydroxyl groups is 1. The second-order valence-electron chi connectivity index (χ2n) is 3.16. The SMILES string of the molecule is CN(Cc1cc(Cl)ccc1O)C(=O)CCl. The molecule has 1 N–H and O–H groups in total. The Balaban J connectivity index is 2.80. The first kappa shape index (κ1) is 12.1. The van der Waals surface area contributed by atoms with Gasteiger partial charge in [0.15, 0.2) is 0 Å². The van der Waals surface area contributed by atoms with E-state index in [1.165, 1.54) is 11.0 Å². The molecular weight excluding hydrogens is 237 g/mol. The van der Waals surface area contributed by atoms with E-state index in [9.17, 15) is 9.90 Å². The molecule has 1 aromatic rings. The van der Waals surface area contributed by atoms with Crippen LogP contribution in [0.3, 0.4) is 0 Å². The van der Waals surface area contributed by atoms with Gasteiger partial charge < -0.3 is 10.0 Å². The molecule has 0 heterocycles. The number of amides is 1. The van der Waals surface area contributed by atoms with E-state index >= 15 is 0 Å². The molecule has 1 amide bonds. The van der Waals surface area contributed by atoms with Crippen LogP contribution in [0.15, 0.2) is 18.2 Å². The Hall–Kier alpha value is -0.930. The summed E-state index contributed by atoms with van der Waals surface area (Å²) in [6.07, 6.45) is 0. The number of phenols is 1. The Bertz CT molecular complexity index is 368. The van der Waals surface area contributed by atoms with Crippen LogP contribution in [0.25, 0.3) is 0 Å². The van der Waals surface area contributed by atoms with Crippen molar-refractivity contribution in [2.45, 2.75) is 6.54 Å². The van der Waals surface area contributed by atoms with Crippen LogP contribution >= 0.6 is 23.2 Å². The number of halogens is 2. The summed E-state index contributed by atoms with van der Waals surface area (Å²) in [5, 5.41) is 10.0. The monoisotopic (exact) mass is 247 g/mol. The summed E-state index contributed by atoms with van der Waals surface area (Å²) in [4.78, 5) is 12.6. The molecule has 3 nitrogen and oxygen atoms in total. The molecule has 0 saturated heterocycles. The Morgan fingerprint density at radius 2 is 2.20 bits per heavy atom. The molecule has 0 aromatic heterocycles. The van der Waals surface area contributed by atoms with Gasteiger partial charge in [0.25, 0.3) is 0 Å². The van der Waals surface area contributed by atoms with Crippen molar-refractivity contribution in [3.63, 3.8) is 0 Å². The average molecular weight is 248 g/mol. The fourth-order valence-corrected chi connectivity index (χ4v) is 1.53. The Morgan fingerprint density at radius 3 is 2.80 bits per heavy atom. The van der Waals surface area contributed by atoms with Crippen LogP contribution in [-0.4, -0.2) is 28.8 Å². The first-order valence-electron chi connectivity index (χ1n) is 4.32. The summed E-state index contributed by atoms with van der Waals surface area (Å²) < 4.78 is 0. The van der Waals surface area contributed by atoms with E-state index in [1.807, 2.05) is 0 Å². The summed E-state index contributed by atoms with van der Waals surface area (Å²) >= 11 is 11.2. The molecule has 5 heteroatoms.